The molecular formula is C11H9NO4. The summed E-state index contributed by atoms with van der Waals surface area (Å²) in [6.45, 7) is 0. The molecule has 0 saturated heterocycles. The molecule has 5 nitrogen and oxygen atoms in total. The van der Waals surface area contributed by atoms with Crippen molar-refractivity contribution in [1.29, 1.82) is 0 Å². The van der Waals surface area contributed by atoms with Crippen LogP contribution in [0.5, 0.6) is 0 Å². The van der Waals surface area contributed by atoms with E-state index in [9.17, 15) is 9.59 Å². The molecule has 0 fully saturated rings. The fourth-order valence-corrected chi connectivity index (χ4v) is 1.42. The number of hydrogen-bond donors (Lipinski definition) is 1. The van der Waals surface area contributed by atoms with Crippen LogP contribution in [0.4, 0.5) is 4.79 Å². The van der Waals surface area contributed by atoms with E-state index in [2.05, 4.69) is 0 Å². The van der Waals surface area contributed by atoms with Gasteiger partial charge < -0.3 is 9.84 Å². The SMILES string of the molecule is O=C(c1ccccc1)C1OC=CN1C(=O)O. The zero-order chi connectivity index (χ0) is 11.5. The molecule has 82 valence electrons. The van der Waals surface area contributed by atoms with Crippen molar-refractivity contribution in [3.63, 3.8) is 0 Å². The summed E-state index contributed by atoms with van der Waals surface area (Å²) in [6, 6.07) is 8.43. The van der Waals surface area contributed by atoms with Crippen LogP contribution in [0.25, 0.3) is 0 Å². The van der Waals surface area contributed by atoms with Gasteiger partial charge in [-0.3, -0.25) is 4.79 Å². The van der Waals surface area contributed by atoms with E-state index >= 15 is 0 Å². The molecule has 2 rings (SSSR count). The molecule has 1 unspecified atom stereocenters. The normalized spacial score (nSPS) is 18.2. The van der Waals surface area contributed by atoms with Gasteiger partial charge in [-0.2, -0.15) is 0 Å². The Morgan fingerprint density at radius 1 is 1.25 bits per heavy atom. The van der Waals surface area contributed by atoms with Crippen molar-refractivity contribution in [1.82, 2.24) is 4.90 Å². The van der Waals surface area contributed by atoms with E-state index in [0.717, 1.165) is 4.90 Å². The first kappa shape index (κ1) is 10.2. The average molecular weight is 219 g/mol. The summed E-state index contributed by atoms with van der Waals surface area (Å²) in [5.74, 6) is -0.381. The molecule has 0 bridgehead atoms. The van der Waals surface area contributed by atoms with Crippen molar-refractivity contribution in [2.24, 2.45) is 0 Å². The predicted molar refractivity (Wildman–Crippen MR) is 54.6 cm³/mol. The molecule has 0 saturated carbocycles. The Morgan fingerprint density at radius 2 is 1.94 bits per heavy atom. The van der Waals surface area contributed by atoms with E-state index in [1.807, 2.05) is 0 Å². The van der Waals surface area contributed by atoms with Crippen LogP contribution in [-0.2, 0) is 4.74 Å². The van der Waals surface area contributed by atoms with Crippen LogP contribution < -0.4 is 0 Å². The number of nitrogens with zero attached hydrogens (tertiary/aromatic N) is 1. The number of carboxylic acid groups (broad SMARTS) is 1. The third-order valence-electron chi connectivity index (χ3n) is 2.19. The first-order valence-corrected chi connectivity index (χ1v) is 4.63. The molecule has 1 amide bonds. The lowest BCUT2D eigenvalue weighted by molar-refractivity contribution is 0.0418. The fraction of sp³-hybridized carbons (Fsp3) is 0.0909. The van der Waals surface area contributed by atoms with E-state index in [4.69, 9.17) is 9.84 Å². The molecule has 5 heteroatoms. The second-order valence-electron chi connectivity index (χ2n) is 3.19. The Kier molecular flexibility index (Phi) is 2.59. The number of amides is 1. The van der Waals surface area contributed by atoms with Gasteiger partial charge >= 0.3 is 6.09 Å². The maximum absolute atomic E-state index is 11.9. The van der Waals surface area contributed by atoms with Gasteiger partial charge in [-0.15, -0.1) is 0 Å². The summed E-state index contributed by atoms with van der Waals surface area (Å²) in [6.07, 6.45) is 0.0796. The van der Waals surface area contributed by atoms with Gasteiger partial charge in [-0.1, -0.05) is 30.3 Å². The summed E-state index contributed by atoms with van der Waals surface area (Å²) in [5, 5.41) is 8.82. The number of rotatable bonds is 2. The lowest BCUT2D eigenvalue weighted by Gasteiger charge is -2.17. The molecule has 1 aliphatic rings. The van der Waals surface area contributed by atoms with Gasteiger partial charge in [-0.05, 0) is 0 Å². The minimum absolute atomic E-state index is 0.381. The molecule has 1 aliphatic heterocycles. The topological polar surface area (TPSA) is 66.8 Å². The third-order valence-corrected chi connectivity index (χ3v) is 2.19. The Hall–Kier alpha value is -2.30. The molecule has 0 aromatic heterocycles. The van der Waals surface area contributed by atoms with Crippen molar-refractivity contribution in [2.45, 2.75) is 6.23 Å². The monoisotopic (exact) mass is 219 g/mol. The van der Waals surface area contributed by atoms with Crippen molar-refractivity contribution < 1.29 is 19.4 Å². The van der Waals surface area contributed by atoms with Gasteiger partial charge in [0.1, 0.15) is 6.26 Å². The highest BCUT2D eigenvalue weighted by molar-refractivity contribution is 6.00. The van der Waals surface area contributed by atoms with E-state index < -0.39 is 12.3 Å². The maximum Gasteiger partial charge on any atom is 0.414 e. The van der Waals surface area contributed by atoms with E-state index in [-0.39, 0.29) is 5.78 Å². The van der Waals surface area contributed by atoms with Gasteiger partial charge in [0.05, 0.1) is 0 Å². The smallest absolute Gasteiger partial charge is 0.414 e. The Labute approximate surface area is 91.6 Å². The van der Waals surface area contributed by atoms with Crippen molar-refractivity contribution in [2.75, 3.05) is 0 Å². The van der Waals surface area contributed by atoms with Gasteiger partial charge in [0, 0.05) is 11.8 Å². The number of ether oxygens (including phenoxy) is 1. The molecular weight excluding hydrogens is 210 g/mol. The Morgan fingerprint density at radius 3 is 2.56 bits per heavy atom. The number of benzene rings is 1. The largest absolute Gasteiger partial charge is 0.468 e. The lowest BCUT2D eigenvalue weighted by atomic mass is 10.1. The van der Waals surface area contributed by atoms with Crippen LogP contribution in [0.1, 0.15) is 10.4 Å². The average Bonchev–Trinajstić information content (AvgIpc) is 2.78. The summed E-state index contributed by atoms with van der Waals surface area (Å²) in [5.41, 5.74) is 0.419. The second kappa shape index (κ2) is 4.06. The molecule has 1 aromatic carbocycles. The first-order chi connectivity index (χ1) is 7.70. The molecule has 1 aromatic rings. The van der Waals surface area contributed by atoms with Gasteiger partial charge in [0.15, 0.2) is 0 Å². The zero-order valence-corrected chi connectivity index (χ0v) is 8.24. The third kappa shape index (κ3) is 1.75. The Bertz CT molecular complexity index is 441. The number of hydrogen-bond acceptors (Lipinski definition) is 3. The van der Waals surface area contributed by atoms with Crippen LogP contribution in [0.15, 0.2) is 42.8 Å². The van der Waals surface area contributed by atoms with Crippen molar-refractivity contribution >= 4 is 11.9 Å². The highest BCUT2D eigenvalue weighted by atomic mass is 16.5. The quantitative estimate of drug-likeness (QED) is 0.768. The van der Waals surface area contributed by atoms with Crippen LogP contribution in [0.3, 0.4) is 0 Å². The molecule has 0 aliphatic carbocycles. The highest BCUT2D eigenvalue weighted by Gasteiger charge is 2.33. The van der Waals surface area contributed by atoms with Gasteiger partial charge in [-0.25, -0.2) is 9.69 Å². The standard InChI is InChI=1S/C11H9NO4/c13-9(8-4-2-1-3-5-8)10-12(11(14)15)6-7-16-10/h1-7,10H,(H,14,15). The number of ketones is 1. The first-order valence-electron chi connectivity index (χ1n) is 4.63. The fourth-order valence-electron chi connectivity index (χ4n) is 1.42. The van der Waals surface area contributed by atoms with Crippen LogP contribution in [-0.4, -0.2) is 28.1 Å². The number of Topliss-reactive ketones (excluding diaryl/α,β-unsaturated/α-hetero) is 1. The maximum atomic E-state index is 11.9. The summed E-state index contributed by atoms with van der Waals surface area (Å²) < 4.78 is 4.96. The van der Waals surface area contributed by atoms with E-state index in [1.54, 1.807) is 30.3 Å². The van der Waals surface area contributed by atoms with Crippen LogP contribution in [0, 0.1) is 0 Å². The molecule has 16 heavy (non-hydrogen) atoms. The molecule has 0 spiro atoms. The summed E-state index contributed by atoms with van der Waals surface area (Å²) >= 11 is 0. The van der Waals surface area contributed by atoms with E-state index in [1.165, 1.54) is 12.5 Å². The van der Waals surface area contributed by atoms with Crippen LogP contribution >= 0.6 is 0 Å². The van der Waals surface area contributed by atoms with Gasteiger partial charge in [0.25, 0.3) is 0 Å². The lowest BCUT2D eigenvalue weighted by Crippen LogP contribution is -2.38. The highest BCUT2D eigenvalue weighted by Crippen LogP contribution is 2.16. The summed E-state index contributed by atoms with van der Waals surface area (Å²) in [7, 11) is 0. The number of carbonyl (C=O) groups excluding carboxylic acids is 1. The van der Waals surface area contributed by atoms with E-state index in [0.29, 0.717) is 5.56 Å². The molecule has 1 heterocycles. The number of carbonyl (C=O) groups is 2. The molecule has 0 radical (unpaired) electrons. The summed E-state index contributed by atoms with van der Waals surface area (Å²) in [4.78, 5) is 23.5. The minimum Gasteiger partial charge on any atom is -0.468 e. The zero-order valence-electron chi connectivity index (χ0n) is 8.24. The molecule has 1 atom stereocenters. The van der Waals surface area contributed by atoms with Crippen molar-refractivity contribution in [3.8, 4) is 0 Å². The predicted octanol–water partition coefficient (Wildman–Crippen LogP) is 1.68. The van der Waals surface area contributed by atoms with Crippen LogP contribution in [0.2, 0.25) is 0 Å². The molecule has 1 N–H and O–H groups in total. The Balaban J connectivity index is 2.21. The van der Waals surface area contributed by atoms with Crippen molar-refractivity contribution in [3.05, 3.63) is 48.4 Å². The van der Waals surface area contributed by atoms with Gasteiger partial charge in [0.2, 0.25) is 12.0 Å². The second-order valence-corrected chi connectivity index (χ2v) is 3.19. The minimum atomic E-state index is -1.22.